The van der Waals surface area contributed by atoms with Gasteiger partial charge in [0, 0.05) is 36.7 Å². The first-order valence-electron chi connectivity index (χ1n) is 11.5. The van der Waals surface area contributed by atoms with Gasteiger partial charge in [-0.3, -0.25) is 4.90 Å². The standard InChI is InChI=1S/C27H35N5/c1-4-17-32(18-5-2)21-23-9-13-25(14-10-23)31-26(6-3)24-11-7-22(8-12-24)19-28-20-27-29-15-16-30-27/h7-16,28,31H,3-5,17-21H2,1-2H3,(H,29,30). The van der Waals surface area contributed by atoms with Crippen molar-refractivity contribution in [3.8, 4) is 0 Å². The van der Waals surface area contributed by atoms with Gasteiger partial charge in [0.2, 0.25) is 0 Å². The summed E-state index contributed by atoms with van der Waals surface area (Å²) in [6.07, 6.45) is 5.98. The van der Waals surface area contributed by atoms with Crippen molar-refractivity contribution in [1.82, 2.24) is 20.2 Å². The SMILES string of the molecule is C=C=C(Nc1ccc(CN(CCC)CCC)cc1)c1ccc(CNCc2ncc[nH]2)cc1. The average molecular weight is 430 g/mol. The minimum absolute atomic E-state index is 0.721. The predicted octanol–water partition coefficient (Wildman–Crippen LogP) is 5.56. The van der Waals surface area contributed by atoms with Gasteiger partial charge < -0.3 is 15.6 Å². The Kier molecular flexibility index (Phi) is 9.33. The summed E-state index contributed by atoms with van der Waals surface area (Å²) in [5.74, 6) is 0.942. The highest BCUT2D eigenvalue weighted by molar-refractivity contribution is 5.76. The molecule has 0 unspecified atom stereocenters. The van der Waals surface area contributed by atoms with E-state index in [1.165, 1.54) is 24.0 Å². The Morgan fingerprint density at radius 1 is 0.969 bits per heavy atom. The summed E-state index contributed by atoms with van der Waals surface area (Å²) in [5.41, 5.74) is 8.60. The van der Waals surface area contributed by atoms with E-state index in [2.05, 4.69) is 100 Å². The van der Waals surface area contributed by atoms with Crippen molar-refractivity contribution in [2.45, 2.75) is 46.3 Å². The first kappa shape index (κ1) is 23.6. The lowest BCUT2D eigenvalue weighted by Crippen LogP contribution is -2.24. The monoisotopic (exact) mass is 429 g/mol. The highest BCUT2D eigenvalue weighted by atomic mass is 15.1. The van der Waals surface area contributed by atoms with Gasteiger partial charge in [0.15, 0.2) is 0 Å². The molecule has 32 heavy (non-hydrogen) atoms. The van der Waals surface area contributed by atoms with Crippen molar-refractivity contribution in [3.05, 3.63) is 95.7 Å². The molecule has 0 saturated heterocycles. The highest BCUT2D eigenvalue weighted by Crippen LogP contribution is 2.19. The molecule has 1 heterocycles. The lowest BCUT2D eigenvalue weighted by molar-refractivity contribution is 0.266. The first-order chi connectivity index (χ1) is 15.7. The third-order valence-corrected chi connectivity index (χ3v) is 5.30. The number of anilines is 1. The van der Waals surface area contributed by atoms with Crippen molar-refractivity contribution in [1.29, 1.82) is 0 Å². The molecule has 0 fully saturated rings. The largest absolute Gasteiger partial charge is 0.349 e. The lowest BCUT2D eigenvalue weighted by atomic mass is 10.1. The first-order valence-corrected chi connectivity index (χ1v) is 11.5. The number of aromatic nitrogens is 2. The molecule has 3 N–H and O–H groups in total. The number of imidazole rings is 1. The second-order valence-corrected chi connectivity index (χ2v) is 7.99. The Balaban J connectivity index is 1.54. The van der Waals surface area contributed by atoms with E-state index in [1.54, 1.807) is 6.20 Å². The van der Waals surface area contributed by atoms with Crippen LogP contribution in [-0.2, 0) is 19.6 Å². The van der Waals surface area contributed by atoms with Crippen LogP contribution in [0.15, 0.2) is 73.2 Å². The molecule has 0 aliphatic rings. The summed E-state index contributed by atoms with van der Waals surface area (Å²) in [6, 6.07) is 17.1. The zero-order valence-electron chi connectivity index (χ0n) is 19.3. The molecule has 0 radical (unpaired) electrons. The van der Waals surface area contributed by atoms with Crippen LogP contribution >= 0.6 is 0 Å². The maximum atomic E-state index is 4.22. The topological polar surface area (TPSA) is 56.0 Å². The molecule has 5 heteroatoms. The molecular weight excluding hydrogens is 394 g/mol. The van der Waals surface area contributed by atoms with E-state index in [1.807, 2.05) is 6.20 Å². The number of aromatic amines is 1. The van der Waals surface area contributed by atoms with E-state index in [0.717, 1.165) is 55.5 Å². The van der Waals surface area contributed by atoms with Gasteiger partial charge in [-0.15, -0.1) is 5.73 Å². The van der Waals surface area contributed by atoms with Gasteiger partial charge in [0.1, 0.15) is 5.82 Å². The molecule has 0 aliphatic heterocycles. The summed E-state index contributed by atoms with van der Waals surface area (Å²) < 4.78 is 0. The highest BCUT2D eigenvalue weighted by Gasteiger charge is 2.06. The number of hydrogen-bond donors (Lipinski definition) is 3. The second-order valence-electron chi connectivity index (χ2n) is 7.99. The van der Waals surface area contributed by atoms with Crippen LogP contribution in [0.5, 0.6) is 0 Å². The van der Waals surface area contributed by atoms with Gasteiger partial charge in [0.25, 0.3) is 0 Å². The molecule has 2 aromatic carbocycles. The van der Waals surface area contributed by atoms with Gasteiger partial charge in [0.05, 0.1) is 12.2 Å². The predicted molar refractivity (Wildman–Crippen MR) is 134 cm³/mol. The van der Waals surface area contributed by atoms with Crippen LogP contribution in [-0.4, -0.2) is 28.0 Å². The molecule has 0 bridgehead atoms. The fourth-order valence-electron chi connectivity index (χ4n) is 3.73. The van der Waals surface area contributed by atoms with Gasteiger partial charge in [-0.25, -0.2) is 4.98 Å². The van der Waals surface area contributed by atoms with Gasteiger partial charge in [-0.2, -0.15) is 0 Å². The molecule has 3 aromatic rings. The van der Waals surface area contributed by atoms with Gasteiger partial charge >= 0.3 is 0 Å². The summed E-state index contributed by atoms with van der Waals surface area (Å²) in [6.45, 7) is 13.2. The minimum atomic E-state index is 0.721. The summed E-state index contributed by atoms with van der Waals surface area (Å²) in [7, 11) is 0. The van der Waals surface area contributed by atoms with E-state index in [9.17, 15) is 0 Å². The summed E-state index contributed by atoms with van der Waals surface area (Å²) in [5, 5.41) is 6.85. The second kappa shape index (κ2) is 12.7. The van der Waals surface area contributed by atoms with Crippen LogP contribution < -0.4 is 10.6 Å². The van der Waals surface area contributed by atoms with Crippen LogP contribution in [0.4, 0.5) is 5.69 Å². The van der Waals surface area contributed by atoms with Crippen LogP contribution in [0.1, 0.15) is 49.2 Å². The van der Waals surface area contributed by atoms with Crippen molar-refractivity contribution in [2.75, 3.05) is 18.4 Å². The quantitative estimate of drug-likeness (QED) is 0.311. The molecule has 0 aliphatic carbocycles. The summed E-state index contributed by atoms with van der Waals surface area (Å²) in [4.78, 5) is 9.84. The van der Waals surface area contributed by atoms with E-state index in [-0.39, 0.29) is 0 Å². The number of nitrogens with one attached hydrogen (secondary N) is 3. The van der Waals surface area contributed by atoms with Gasteiger partial charge in [-0.05, 0) is 49.2 Å². The Morgan fingerprint density at radius 2 is 1.66 bits per heavy atom. The molecule has 0 amide bonds. The van der Waals surface area contributed by atoms with Gasteiger partial charge in [-0.1, -0.05) is 56.8 Å². The molecule has 168 valence electrons. The molecule has 0 atom stereocenters. The van der Waals surface area contributed by atoms with Crippen molar-refractivity contribution < 1.29 is 0 Å². The van der Waals surface area contributed by atoms with Crippen molar-refractivity contribution in [2.24, 2.45) is 0 Å². The third kappa shape index (κ3) is 7.24. The third-order valence-electron chi connectivity index (χ3n) is 5.30. The summed E-state index contributed by atoms with van der Waals surface area (Å²) >= 11 is 0. The van der Waals surface area contributed by atoms with E-state index in [0.29, 0.717) is 0 Å². The van der Waals surface area contributed by atoms with Crippen LogP contribution in [0.2, 0.25) is 0 Å². The average Bonchev–Trinajstić information content (AvgIpc) is 3.33. The van der Waals surface area contributed by atoms with Crippen LogP contribution in [0.3, 0.4) is 0 Å². The van der Waals surface area contributed by atoms with Crippen molar-refractivity contribution in [3.63, 3.8) is 0 Å². The number of nitrogens with zero attached hydrogens (tertiary/aromatic N) is 2. The Labute approximate surface area is 192 Å². The van der Waals surface area contributed by atoms with Crippen molar-refractivity contribution >= 4 is 11.4 Å². The fourth-order valence-corrected chi connectivity index (χ4v) is 3.73. The molecule has 0 saturated carbocycles. The molecule has 0 spiro atoms. The maximum absolute atomic E-state index is 4.22. The maximum Gasteiger partial charge on any atom is 0.120 e. The normalized spacial score (nSPS) is 10.8. The number of rotatable bonds is 13. The molecule has 3 rings (SSSR count). The number of hydrogen-bond acceptors (Lipinski definition) is 4. The number of H-pyrrole nitrogens is 1. The van der Waals surface area contributed by atoms with E-state index < -0.39 is 0 Å². The van der Waals surface area contributed by atoms with Crippen LogP contribution in [0.25, 0.3) is 5.70 Å². The Bertz CT molecular complexity index is 962. The van der Waals surface area contributed by atoms with E-state index in [4.69, 9.17) is 0 Å². The lowest BCUT2D eigenvalue weighted by Gasteiger charge is -2.21. The smallest absolute Gasteiger partial charge is 0.120 e. The zero-order chi connectivity index (χ0) is 22.6. The zero-order valence-corrected chi connectivity index (χ0v) is 19.3. The Morgan fingerprint density at radius 3 is 2.25 bits per heavy atom. The molecule has 1 aromatic heterocycles. The molecule has 5 nitrogen and oxygen atoms in total. The Hall–Kier alpha value is -3.11. The molecular formula is C27H35N5. The number of benzene rings is 2. The fraction of sp³-hybridized carbons (Fsp3) is 0.333. The van der Waals surface area contributed by atoms with E-state index >= 15 is 0 Å². The van der Waals surface area contributed by atoms with Crippen LogP contribution in [0, 0.1) is 0 Å². The minimum Gasteiger partial charge on any atom is -0.349 e.